The third kappa shape index (κ3) is 4.49. The zero-order valence-corrected chi connectivity index (χ0v) is 14.0. The Morgan fingerprint density at radius 1 is 0.957 bits per heavy atom. The van der Waals surface area contributed by atoms with Gasteiger partial charge in [0.1, 0.15) is 11.5 Å². The van der Waals surface area contributed by atoms with Gasteiger partial charge in [0.05, 0.1) is 17.8 Å². The normalized spacial score (nSPS) is 10.9. The summed E-state index contributed by atoms with van der Waals surface area (Å²) in [4.78, 5) is 12.8. The summed E-state index contributed by atoms with van der Waals surface area (Å²) < 4.78 is 11.5. The molecule has 4 heteroatoms. The van der Waals surface area contributed by atoms with E-state index < -0.39 is 0 Å². The first-order valence-electron chi connectivity index (χ1n) is 7.74. The quantitative estimate of drug-likeness (QED) is 0.645. The Balaban J connectivity index is 2.41. The first-order valence-corrected chi connectivity index (χ1v) is 7.74. The van der Waals surface area contributed by atoms with E-state index in [1.54, 1.807) is 42.5 Å². The molecule has 2 aromatic carbocycles. The Kier molecular flexibility index (Phi) is 5.27. The van der Waals surface area contributed by atoms with Crippen molar-refractivity contribution >= 4 is 11.5 Å². The molecule has 122 valence electrons. The maximum absolute atomic E-state index is 12.8. The number of ketones is 1. The number of rotatable bonds is 6. The van der Waals surface area contributed by atoms with Crippen molar-refractivity contribution in [3.05, 3.63) is 53.6 Å². The van der Waals surface area contributed by atoms with Crippen LogP contribution in [0.15, 0.2) is 42.5 Å². The van der Waals surface area contributed by atoms with Crippen molar-refractivity contribution in [2.75, 3.05) is 5.73 Å². The average molecular weight is 313 g/mol. The molecule has 0 saturated heterocycles. The van der Waals surface area contributed by atoms with Gasteiger partial charge in [-0.1, -0.05) is 12.1 Å². The summed E-state index contributed by atoms with van der Waals surface area (Å²) in [6.07, 6.45) is 0.00839. The fraction of sp³-hybridized carbons (Fsp3) is 0.316. The molecule has 2 rings (SSSR count). The molecule has 23 heavy (non-hydrogen) atoms. The lowest BCUT2D eigenvalue weighted by molar-refractivity contribution is 0.103. The lowest BCUT2D eigenvalue weighted by atomic mass is 10.0. The summed E-state index contributed by atoms with van der Waals surface area (Å²) >= 11 is 0. The third-order valence-electron chi connectivity index (χ3n) is 3.08. The molecule has 0 radical (unpaired) electrons. The number of benzene rings is 2. The maximum atomic E-state index is 12.8. The molecule has 2 N–H and O–H groups in total. The zero-order chi connectivity index (χ0) is 17.0. The first-order chi connectivity index (χ1) is 10.9. The van der Waals surface area contributed by atoms with Crippen LogP contribution in [0, 0.1) is 0 Å². The molecule has 0 spiro atoms. The van der Waals surface area contributed by atoms with Crippen LogP contribution < -0.4 is 15.2 Å². The summed E-state index contributed by atoms with van der Waals surface area (Å²) in [5.41, 5.74) is 7.36. The fourth-order valence-electron chi connectivity index (χ4n) is 2.22. The van der Waals surface area contributed by atoms with E-state index in [4.69, 9.17) is 15.2 Å². The Morgan fingerprint density at radius 3 is 2.26 bits per heavy atom. The molecule has 0 aliphatic carbocycles. The van der Waals surface area contributed by atoms with Crippen LogP contribution in [0.1, 0.15) is 43.6 Å². The topological polar surface area (TPSA) is 61.5 Å². The summed E-state index contributed by atoms with van der Waals surface area (Å²) in [6, 6.07) is 12.2. The van der Waals surface area contributed by atoms with Crippen LogP contribution in [0.5, 0.6) is 11.5 Å². The van der Waals surface area contributed by atoms with Crippen molar-refractivity contribution < 1.29 is 14.3 Å². The molecular weight excluding hydrogens is 290 g/mol. The van der Waals surface area contributed by atoms with Gasteiger partial charge < -0.3 is 15.2 Å². The van der Waals surface area contributed by atoms with Gasteiger partial charge in [0.15, 0.2) is 5.78 Å². The van der Waals surface area contributed by atoms with Gasteiger partial charge in [0, 0.05) is 17.3 Å². The van der Waals surface area contributed by atoms with Crippen molar-refractivity contribution in [3.8, 4) is 11.5 Å². The summed E-state index contributed by atoms with van der Waals surface area (Å²) in [7, 11) is 0. The molecule has 4 nitrogen and oxygen atoms in total. The number of anilines is 1. The second kappa shape index (κ2) is 7.18. The van der Waals surface area contributed by atoms with E-state index in [0.29, 0.717) is 28.3 Å². The largest absolute Gasteiger partial charge is 0.491 e. The van der Waals surface area contributed by atoms with Crippen LogP contribution in [0.3, 0.4) is 0 Å². The third-order valence-corrected chi connectivity index (χ3v) is 3.08. The second-order valence-corrected chi connectivity index (χ2v) is 5.95. The Morgan fingerprint density at radius 2 is 1.65 bits per heavy atom. The van der Waals surface area contributed by atoms with E-state index in [1.807, 2.05) is 27.7 Å². The van der Waals surface area contributed by atoms with Crippen LogP contribution in [0.4, 0.5) is 5.69 Å². The van der Waals surface area contributed by atoms with Gasteiger partial charge >= 0.3 is 0 Å². The van der Waals surface area contributed by atoms with E-state index in [-0.39, 0.29) is 18.0 Å². The van der Waals surface area contributed by atoms with Crippen LogP contribution in [-0.4, -0.2) is 18.0 Å². The Hall–Kier alpha value is -2.49. The van der Waals surface area contributed by atoms with Gasteiger partial charge in [0.25, 0.3) is 0 Å². The van der Waals surface area contributed by atoms with Crippen LogP contribution in [0.25, 0.3) is 0 Å². The van der Waals surface area contributed by atoms with Gasteiger partial charge in [-0.05, 0) is 52.0 Å². The smallest absolute Gasteiger partial charge is 0.196 e. The SMILES string of the molecule is CC(C)Oc1ccc(C(=O)c2cccc(N)c2)c(OC(C)C)c1. The van der Waals surface area contributed by atoms with Crippen LogP contribution >= 0.6 is 0 Å². The van der Waals surface area contributed by atoms with E-state index in [1.165, 1.54) is 0 Å². The molecule has 0 aromatic heterocycles. The van der Waals surface area contributed by atoms with Crippen molar-refractivity contribution in [1.29, 1.82) is 0 Å². The second-order valence-electron chi connectivity index (χ2n) is 5.95. The highest BCUT2D eigenvalue weighted by molar-refractivity contribution is 6.11. The number of ether oxygens (including phenoxy) is 2. The minimum atomic E-state index is -0.121. The molecule has 0 bridgehead atoms. The highest BCUT2D eigenvalue weighted by Crippen LogP contribution is 2.29. The lowest BCUT2D eigenvalue weighted by Gasteiger charge is -2.17. The number of nitrogen functional groups attached to an aromatic ring is 1. The number of nitrogens with two attached hydrogens (primary N) is 1. The highest BCUT2D eigenvalue weighted by Gasteiger charge is 2.17. The molecule has 0 heterocycles. The summed E-state index contributed by atoms with van der Waals surface area (Å²) in [5, 5.41) is 0. The molecule has 0 aliphatic rings. The summed E-state index contributed by atoms with van der Waals surface area (Å²) in [5.74, 6) is 1.08. The molecule has 0 aliphatic heterocycles. The molecular formula is C19H23NO3. The minimum Gasteiger partial charge on any atom is -0.491 e. The van der Waals surface area contributed by atoms with Gasteiger partial charge in [-0.15, -0.1) is 0 Å². The molecule has 2 aromatic rings. The maximum Gasteiger partial charge on any atom is 0.196 e. The molecule has 0 atom stereocenters. The van der Waals surface area contributed by atoms with Crippen LogP contribution in [-0.2, 0) is 0 Å². The van der Waals surface area contributed by atoms with E-state index in [2.05, 4.69) is 0 Å². The molecule has 0 fully saturated rings. The molecule has 0 unspecified atom stereocenters. The van der Waals surface area contributed by atoms with Crippen molar-refractivity contribution in [1.82, 2.24) is 0 Å². The fourth-order valence-corrected chi connectivity index (χ4v) is 2.22. The Labute approximate surface area is 137 Å². The highest BCUT2D eigenvalue weighted by atomic mass is 16.5. The summed E-state index contributed by atoms with van der Waals surface area (Å²) in [6.45, 7) is 7.75. The lowest BCUT2D eigenvalue weighted by Crippen LogP contribution is -2.12. The van der Waals surface area contributed by atoms with Gasteiger partial charge in [-0.2, -0.15) is 0 Å². The number of carbonyl (C=O) groups excluding carboxylic acids is 1. The Bertz CT molecular complexity index is 693. The monoisotopic (exact) mass is 313 g/mol. The van der Waals surface area contributed by atoms with Gasteiger partial charge in [-0.25, -0.2) is 0 Å². The number of hydrogen-bond acceptors (Lipinski definition) is 4. The van der Waals surface area contributed by atoms with Crippen LogP contribution in [0.2, 0.25) is 0 Å². The zero-order valence-electron chi connectivity index (χ0n) is 14.0. The van der Waals surface area contributed by atoms with Crippen molar-refractivity contribution in [2.24, 2.45) is 0 Å². The van der Waals surface area contributed by atoms with Gasteiger partial charge in [-0.3, -0.25) is 4.79 Å². The predicted octanol–water partition coefficient (Wildman–Crippen LogP) is 4.07. The minimum absolute atomic E-state index is 0.0447. The molecule has 0 amide bonds. The van der Waals surface area contributed by atoms with Crippen molar-refractivity contribution in [2.45, 2.75) is 39.9 Å². The predicted molar refractivity (Wildman–Crippen MR) is 92.3 cm³/mol. The number of carbonyl (C=O) groups is 1. The van der Waals surface area contributed by atoms with Crippen molar-refractivity contribution in [3.63, 3.8) is 0 Å². The first kappa shape index (κ1) is 16.9. The van der Waals surface area contributed by atoms with E-state index >= 15 is 0 Å². The number of hydrogen-bond donors (Lipinski definition) is 1. The van der Waals surface area contributed by atoms with E-state index in [9.17, 15) is 4.79 Å². The standard InChI is InChI=1S/C19H23NO3/c1-12(2)22-16-8-9-17(18(11-16)23-13(3)4)19(21)14-6-5-7-15(20)10-14/h5-13H,20H2,1-4H3. The average Bonchev–Trinajstić information content (AvgIpc) is 2.45. The van der Waals surface area contributed by atoms with Gasteiger partial charge in [0.2, 0.25) is 0 Å². The molecule has 0 saturated carbocycles. The van der Waals surface area contributed by atoms with E-state index in [0.717, 1.165) is 0 Å².